The Hall–Kier alpha value is -2.56. The number of aromatic nitrogens is 5. The summed E-state index contributed by atoms with van der Waals surface area (Å²) in [5, 5.41) is 7.17. The molecule has 0 aliphatic heterocycles. The number of nitrogens with one attached hydrogen (secondary N) is 1. The minimum Gasteiger partial charge on any atom is -0.276 e. The molecule has 3 aromatic heterocycles. The van der Waals surface area contributed by atoms with Crippen molar-refractivity contribution in [1.82, 2.24) is 25.1 Å². The van der Waals surface area contributed by atoms with Crippen molar-refractivity contribution in [3.05, 3.63) is 49.2 Å². The Morgan fingerprint density at radius 2 is 1.88 bits per heavy atom. The first kappa shape index (κ1) is 9.65. The lowest BCUT2D eigenvalue weighted by molar-refractivity contribution is 1.08. The van der Waals surface area contributed by atoms with Gasteiger partial charge in [-0.3, -0.25) is 20.1 Å². The summed E-state index contributed by atoms with van der Waals surface area (Å²) in [6.07, 6.45) is 8.50. The molecule has 0 atom stereocenters. The van der Waals surface area contributed by atoms with E-state index in [1.54, 1.807) is 31.0 Å². The summed E-state index contributed by atoms with van der Waals surface area (Å²) >= 11 is 0. The number of hydrogen-bond acceptors (Lipinski definition) is 4. The highest BCUT2D eigenvalue weighted by atomic mass is 15.1. The van der Waals surface area contributed by atoms with E-state index in [-0.39, 0.29) is 0 Å². The van der Waals surface area contributed by atoms with Gasteiger partial charge in [0.2, 0.25) is 0 Å². The highest BCUT2D eigenvalue weighted by Gasteiger charge is 2.06. The van der Waals surface area contributed by atoms with Crippen LogP contribution in [0.1, 0.15) is 0 Å². The lowest BCUT2D eigenvalue weighted by Crippen LogP contribution is -1.83. The monoisotopic (exact) mass is 223 g/mol. The van der Waals surface area contributed by atoms with Crippen molar-refractivity contribution in [1.29, 1.82) is 0 Å². The van der Waals surface area contributed by atoms with Crippen LogP contribution in [0, 0.1) is 0 Å². The summed E-state index contributed by atoms with van der Waals surface area (Å²) in [6, 6.07) is 5.77. The first-order valence-electron chi connectivity index (χ1n) is 5.16. The van der Waals surface area contributed by atoms with Gasteiger partial charge < -0.3 is 0 Å². The fourth-order valence-electron chi connectivity index (χ4n) is 1.55. The van der Waals surface area contributed by atoms with Crippen LogP contribution < -0.4 is 0 Å². The molecule has 1 N–H and O–H groups in total. The van der Waals surface area contributed by atoms with Gasteiger partial charge in [-0.05, 0) is 18.2 Å². The molecule has 0 fully saturated rings. The first-order chi connectivity index (χ1) is 8.43. The maximum Gasteiger partial charge on any atom is 0.106 e. The van der Waals surface area contributed by atoms with Crippen LogP contribution in [-0.2, 0) is 0 Å². The number of aromatic amines is 1. The third-order valence-electron chi connectivity index (χ3n) is 2.37. The minimum atomic E-state index is 0.773. The van der Waals surface area contributed by atoms with Crippen molar-refractivity contribution in [2.24, 2.45) is 0 Å². The molecule has 0 aliphatic carbocycles. The van der Waals surface area contributed by atoms with Crippen molar-refractivity contribution in [3.8, 4) is 22.6 Å². The topological polar surface area (TPSA) is 67.3 Å². The SMILES string of the molecule is c1cncc(-c2cc(-c3cnccn3)[nH]n2)c1. The standard InChI is InChI=1S/C12H9N5/c1-2-9(7-13-3-1)10-6-11(17-16-10)12-8-14-4-5-15-12/h1-8H,(H,16,17). The molecule has 17 heavy (non-hydrogen) atoms. The van der Waals surface area contributed by atoms with Crippen LogP contribution in [0.15, 0.2) is 49.2 Å². The van der Waals surface area contributed by atoms with E-state index in [0.29, 0.717) is 0 Å². The molecular weight excluding hydrogens is 214 g/mol. The molecule has 3 heterocycles. The van der Waals surface area contributed by atoms with Gasteiger partial charge in [0.1, 0.15) is 5.69 Å². The van der Waals surface area contributed by atoms with Gasteiger partial charge >= 0.3 is 0 Å². The normalized spacial score (nSPS) is 10.4. The molecule has 82 valence electrons. The summed E-state index contributed by atoms with van der Waals surface area (Å²) in [7, 11) is 0. The summed E-state index contributed by atoms with van der Waals surface area (Å²) in [4.78, 5) is 12.3. The zero-order valence-electron chi connectivity index (χ0n) is 8.91. The zero-order chi connectivity index (χ0) is 11.5. The van der Waals surface area contributed by atoms with Crippen LogP contribution in [0.2, 0.25) is 0 Å². The van der Waals surface area contributed by atoms with Crippen LogP contribution in [0.3, 0.4) is 0 Å². The molecule has 5 nitrogen and oxygen atoms in total. The van der Waals surface area contributed by atoms with Gasteiger partial charge in [-0.25, -0.2) is 0 Å². The smallest absolute Gasteiger partial charge is 0.106 e. The fourth-order valence-corrected chi connectivity index (χ4v) is 1.55. The highest BCUT2D eigenvalue weighted by Crippen LogP contribution is 2.20. The van der Waals surface area contributed by atoms with E-state index in [1.807, 2.05) is 18.2 Å². The van der Waals surface area contributed by atoms with Gasteiger partial charge in [0.15, 0.2) is 0 Å². The Morgan fingerprint density at radius 3 is 2.65 bits per heavy atom. The Bertz CT molecular complexity index is 549. The molecule has 0 bridgehead atoms. The quantitative estimate of drug-likeness (QED) is 0.720. The molecule has 0 aromatic carbocycles. The van der Waals surface area contributed by atoms with Crippen LogP contribution >= 0.6 is 0 Å². The largest absolute Gasteiger partial charge is 0.276 e. The van der Waals surface area contributed by atoms with Crippen molar-refractivity contribution < 1.29 is 0 Å². The molecular formula is C12H9N5. The van der Waals surface area contributed by atoms with E-state index in [9.17, 15) is 0 Å². The van der Waals surface area contributed by atoms with E-state index < -0.39 is 0 Å². The van der Waals surface area contributed by atoms with Crippen LogP contribution in [0.5, 0.6) is 0 Å². The number of nitrogens with zero attached hydrogens (tertiary/aromatic N) is 4. The summed E-state index contributed by atoms with van der Waals surface area (Å²) < 4.78 is 0. The van der Waals surface area contributed by atoms with E-state index >= 15 is 0 Å². The molecule has 3 aromatic rings. The van der Waals surface area contributed by atoms with Crippen LogP contribution in [0.4, 0.5) is 0 Å². The molecule has 0 saturated heterocycles. The highest BCUT2D eigenvalue weighted by molar-refractivity contribution is 5.64. The van der Waals surface area contributed by atoms with Gasteiger partial charge in [-0.15, -0.1) is 0 Å². The van der Waals surface area contributed by atoms with E-state index in [4.69, 9.17) is 0 Å². The maximum atomic E-state index is 4.23. The Labute approximate surface area is 97.6 Å². The number of H-pyrrole nitrogens is 1. The Morgan fingerprint density at radius 1 is 0.941 bits per heavy atom. The summed E-state index contributed by atoms with van der Waals surface area (Å²) in [5.41, 5.74) is 3.43. The molecule has 5 heteroatoms. The average Bonchev–Trinajstić information content (AvgIpc) is 2.90. The van der Waals surface area contributed by atoms with E-state index in [0.717, 1.165) is 22.6 Å². The van der Waals surface area contributed by atoms with Crippen LogP contribution in [0.25, 0.3) is 22.6 Å². The van der Waals surface area contributed by atoms with E-state index in [1.165, 1.54) is 0 Å². The van der Waals surface area contributed by atoms with Crippen molar-refractivity contribution in [2.75, 3.05) is 0 Å². The minimum absolute atomic E-state index is 0.773. The predicted molar refractivity (Wildman–Crippen MR) is 62.8 cm³/mol. The molecule has 0 saturated carbocycles. The third-order valence-corrected chi connectivity index (χ3v) is 2.37. The second-order valence-corrected chi connectivity index (χ2v) is 3.50. The average molecular weight is 223 g/mol. The first-order valence-corrected chi connectivity index (χ1v) is 5.16. The molecule has 0 amide bonds. The lowest BCUT2D eigenvalue weighted by Gasteiger charge is -1.93. The van der Waals surface area contributed by atoms with Gasteiger partial charge in [-0.2, -0.15) is 5.10 Å². The number of pyridine rings is 1. The Kier molecular flexibility index (Phi) is 2.34. The molecule has 0 radical (unpaired) electrons. The fraction of sp³-hybridized carbons (Fsp3) is 0. The van der Waals surface area contributed by atoms with Crippen molar-refractivity contribution >= 4 is 0 Å². The molecule has 0 spiro atoms. The van der Waals surface area contributed by atoms with Gasteiger partial charge in [0, 0.05) is 30.4 Å². The molecule has 3 rings (SSSR count). The second-order valence-electron chi connectivity index (χ2n) is 3.50. The van der Waals surface area contributed by atoms with Crippen molar-refractivity contribution in [2.45, 2.75) is 0 Å². The number of rotatable bonds is 2. The molecule has 0 unspecified atom stereocenters. The lowest BCUT2D eigenvalue weighted by atomic mass is 10.2. The summed E-state index contributed by atoms with van der Waals surface area (Å²) in [6.45, 7) is 0. The van der Waals surface area contributed by atoms with E-state index in [2.05, 4.69) is 25.1 Å². The zero-order valence-corrected chi connectivity index (χ0v) is 8.91. The van der Waals surface area contributed by atoms with Crippen molar-refractivity contribution in [3.63, 3.8) is 0 Å². The summed E-state index contributed by atoms with van der Waals surface area (Å²) in [5.74, 6) is 0. The van der Waals surface area contributed by atoms with Gasteiger partial charge in [0.25, 0.3) is 0 Å². The van der Waals surface area contributed by atoms with Crippen LogP contribution in [-0.4, -0.2) is 25.1 Å². The van der Waals surface area contributed by atoms with Gasteiger partial charge in [-0.1, -0.05) is 0 Å². The second kappa shape index (κ2) is 4.13. The Balaban J connectivity index is 1.99. The maximum absolute atomic E-state index is 4.23. The predicted octanol–water partition coefficient (Wildman–Crippen LogP) is 1.93. The molecule has 0 aliphatic rings. The third kappa shape index (κ3) is 1.90. The van der Waals surface area contributed by atoms with Gasteiger partial charge in [0.05, 0.1) is 17.6 Å². The number of hydrogen-bond donors (Lipinski definition) is 1.